The van der Waals surface area contributed by atoms with Crippen molar-refractivity contribution in [2.75, 3.05) is 6.61 Å². The maximum Gasteiger partial charge on any atom is 0.354 e. The van der Waals surface area contributed by atoms with Gasteiger partial charge in [-0.25, -0.2) is 9.78 Å². The number of ether oxygens (including phenoxy) is 1. The summed E-state index contributed by atoms with van der Waals surface area (Å²) in [7, 11) is 0. The molecule has 0 saturated carbocycles. The van der Waals surface area contributed by atoms with E-state index in [1.807, 2.05) is 25.1 Å². The molecule has 0 saturated heterocycles. The molecular weight excluding hydrogens is 242 g/mol. The fourth-order valence-corrected chi connectivity index (χ4v) is 1.71. The molecule has 4 heteroatoms. The van der Waals surface area contributed by atoms with Crippen molar-refractivity contribution in [2.45, 2.75) is 13.3 Å². The lowest BCUT2D eigenvalue weighted by Gasteiger charge is -2.10. The smallest absolute Gasteiger partial charge is 0.354 e. The zero-order chi connectivity index (χ0) is 13.8. The number of rotatable bonds is 5. The summed E-state index contributed by atoms with van der Waals surface area (Å²) in [6.45, 7) is 6.21. The van der Waals surface area contributed by atoms with Crippen LogP contribution in [0.15, 0.2) is 42.5 Å². The van der Waals surface area contributed by atoms with Crippen LogP contribution in [0, 0.1) is 0 Å². The van der Waals surface area contributed by atoms with Crippen LogP contribution in [0.1, 0.15) is 23.8 Å². The second-order valence-electron chi connectivity index (χ2n) is 4.38. The van der Waals surface area contributed by atoms with E-state index in [1.165, 1.54) is 6.07 Å². The molecule has 0 unspecified atom stereocenters. The number of carbonyl (C=O) groups is 1. The average molecular weight is 257 g/mol. The summed E-state index contributed by atoms with van der Waals surface area (Å²) < 4.78 is 5.66. The van der Waals surface area contributed by atoms with Crippen LogP contribution in [-0.4, -0.2) is 22.7 Å². The van der Waals surface area contributed by atoms with Crippen molar-refractivity contribution in [3.05, 3.63) is 48.2 Å². The van der Waals surface area contributed by atoms with Crippen LogP contribution < -0.4 is 4.74 Å². The number of nitrogens with zero attached hydrogens (tertiary/aromatic N) is 1. The molecule has 0 spiro atoms. The zero-order valence-electron chi connectivity index (χ0n) is 10.7. The molecule has 1 aromatic carbocycles. The predicted molar refractivity (Wildman–Crippen MR) is 73.6 cm³/mol. The summed E-state index contributed by atoms with van der Waals surface area (Å²) in [5.41, 5.74) is 1.63. The first-order chi connectivity index (χ1) is 9.08. The van der Waals surface area contributed by atoms with E-state index in [4.69, 9.17) is 9.84 Å². The summed E-state index contributed by atoms with van der Waals surface area (Å²) in [5.74, 6) is -0.514. The van der Waals surface area contributed by atoms with Crippen LogP contribution >= 0.6 is 0 Å². The Balaban J connectivity index is 2.38. The van der Waals surface area contributed by atoms with Gasteiger partial charge in [0.2, 0.25) is 0 Å². The SMILES string of the molecule is C=C(C)CCOc1cc(C(=O)O)nc2ccccc12. The number of carboxylic acid groups (broad SMARTS) is 1. The van der Waals surface area contributed by atoms with Gasteiger partial charge in [-0.3, -0.25) is 0 Å². The number of benzene rings is 1. The molecule has 0 aliphatic carbocycles. The maximum absolute atomic E-state index is 11.0. The molecule has 19 heavy (non-hydrogen) atoms. The lowest BCUT2D eigenvalue weighted by Crippen LogP contribution is -2.04. The lowest BCUT2D eigenvalue weighted by atomic mass is 10.2. The Labute approximate surface area is 111 Å². The maximum atomic E-state index is 11.0. The van der Waals surface area contributed by atoms with E-state index in [9.17, 15) is 4.79 Å². The molecular formula is C15H15NO3. The van der Waals surface area contributed by atoms with E-state index in [0.29, 0.717) is 17.9 Å². The molecule has 1 aromatic heterocycles. The van der Waals surface area contributed by atoms with Gasteiger partial charge in [-0.2, -0.15) is 0 Å². The molecule has 0 amide bonds. The largest absolute Gasteiger partial charge is 0.492 e. The van der Waals surface area contributed by atoms with E-state index in [1.54, 1.807) is 6.07 Å². The first-order valence-corrected chi connectivity index (χ1v) is 5.98. The second kappa shape index (κ2) is 5.52. The van der Waals surface area contributed by atoms with Crippen LogP contribution in [-0.2, 0) is 0 Å². The monoisotopic (exact) mass is 257 g/mol. The van der Waals surface area contributed by atoms with Crippen molar-refractivity contribution in [1.82, 2.24) is 4.98 Å². The molecule has 1 heterocycles. The minimum atomic E-state index is -1.06. The van der Waals surface area contributed by atoms with Gasteiger partial charge in [-0.05, 0) is 19.1 Å². The van der Waals surface area contributed by atoms with Gasteiger partial charge >= 0.3 is 5.97 Å². The Hall–Kier alpha value is -2.36. The molecule has 0 fully saturated rings. The zero-order valence-corrected chi connectivity index (χ0v) is 10.7. The standard InChI is InChI=1S/C15H15NO3/c1-10(2)7-8-19-14-9-13(15(17)18)16-12-6-4-3-5-11(12)14/h3-6,9H,1,7-8H2,2H3,(H,17,18). The van der Waals surface area contributed by atoms with E-state index < -0.39 is 5.97 Å². The molecule has 2 rings (SSSR count). The van der Waals surface area contributed by atoms with Crippen molar-refractivity contribution < 1.29 is 14.6 Å². The van der Waals surface area contributed by atoms with Gasteiger partial charge in [0.1, 0.15) is 5.75 Å². The van der Waals surface area contributed by atoms with Crippen LogP contribution in [0.3, 0.4) is 0 Å². The third-order valence-electron chi connectivity index (χ3n) is 2.68. The number of aromatic nitrogens is 1. The third-order valence-corrected chi connectivity index (χ3v) is 2.68. The number of aromatic carboxylic acids is 1. The van der Waals surface area contributed by atoms with Gasteiger partial charge in [0.15, 0.2) is 5.69 Å². The van der Waals surface area contributed by atoms with E-state index in [0.717, 1.165) is 17.4 Å². The topological polar surface area (TPSA) is 59.4 Å². The predicted octanol–water partition coefficient (Wildman–Crippen LogP) is 3.28. The summed E-state index contributed by atoms with van der Waals surface area (Å²) in [6, 6.07) is 8.79. The van der Waals surface area contributed by atoms with Crippen LogP contribution in [0.5, 0.6) is 5.75 Å². The number of pyridine rings is 1. The number of fused-ring (bicyclic) bond motifs is 1. The Morgan fingerprint density at radius 2 is 2.16 bits per heavy atom. The molecule has 1 N–H and O–H groups in total. The number of hydrogen-bond acceptors (Lipinski definition) is 3. The van der Waals surface area contributed by atoms with Gasteiger partial charge in [-0.1, -0.05) is 17.7 Å². The minimum absolute atomic E-state index is 0.0102. The first kappa shape index (κ1) is 13.1. The summed E-state index contributed by atoms with van der Waals surface area (Å²) in [5, 5.41) is 9.86. The Morgan fingerprint density at radius 3 is 2.84 bits per heavy atom. The van der Waals surface area contributed by atoms with Crippen molar-refractivity contribution in [3.63, 3.8) is 0 Å². The highest BCUT2D eigenvalue weighted by Crippen LogP contribution is 2.25. The molecule has 2 aromatic rings. The number of hydrogen-bond donors (Lipinski definition) is 1. The molecule has 0 bridgehead atoms. The van der Waals surface area contributed by atoms with E-state index in [2.05, 4.69) is 11.6 Å². The fraction of sp³-hybridized carbons (Fsp3) is 0.200. The number of carboxylic acids is 1. The fourth-order valence-electron chi connectivity index (χ4n) is 1.71. The normalized spacial score (nSPS) is 10.4. The van der Waals surface area contributed by atoms with Gasteiger partial charge < -0.3 is 9.84 Å². The molecule has 0 aliphatic rings. The third kappa shape index (κ3) is 3.10. The molecule has 4 nitrogen and oxygen atoms in total. The van der Waals surface area contributed by atoms with E-state index >= 15 is 0 Å². The Kier molecular flexibility index (Phi) is 3.80. The Morgan fingerprint density at radius 1 is 1.42 bits per heavy atom. The molecule has 0 aliphatic heterocycles. The number of para-hydroxylation sites is 1. The molecule has 98 valence electrons. The first-order valence-electron chi connectivity index (χ1n) is 5.98. The molecule has 0 radical (unpaired) electrons. The molecule has 0 atom stereocenters. The van der Waals surface area contributed by atoms with Crippen molar-refractivity contribution in [2.24, 2.45) is 0 Å². The van der Waals surface area contributed by atoms with Crippen LogP contribution in [0.25, 0.3) is 10.9 Å². The van der Waals surface area contributed by atoms with Crippen LogP contribution in [0.2, 0.25) is 0 Å². The van der Waals surface area contributed by atoms with Gasteiger partial charge in [0.25, 0.3) is 0 Å². The van der Waals surface area contributed by atoms with Gasteiger partial charge in [0.05, 0.1) is 12.1 Å². The van der Waals surface area contributed by atoms with Crippen molar-refractivity contribution in [3.8, 4) is 5.75 Å². The van der Waals surface area contributed by atoms with Gasteiger partial charge in [-0.15, -0.1) is 6.58 Å². The minimum Gasteiger partial charge on any atom is -0.492 e. The van der Waals surface area contributed by atoms with E-state index in [-0.39, 0.29) is 5.69 Å². The highest BCUT2D eigenvalue weighted by molar-refractivity contribution is 5.93. The average Bonchev–Trinajstić information content (AvgIpc) is 2.38. The van der Waals surface area contributed by atoms with Crippen molar-refractivity contribution >= 4 is 16.9 Å². The van der Waals surface area contributed by atoms with Crippen molar-refractivity contribution in [1.29, 1.82) is 0 Å². The Bertz CT molecular complexity index is 634. The van der Waals surface area contributed by atoms with Crippen LogP contribution in [0.4, 0.5) is 0 Å². The summed E-state index contributed by atoms with van der Waals surface area (Å²) in [6.07, 6.45) is 0.735. The second-order valence-corrected chi connectivity index (χ2v) is 4.38. The van der Waals surface area contributed by atoms with Gasteiger partial charge in [0, 0.05) is 17.9 Å². The quantitative estimate of drug-likeness (QED) is 0.835. The summed E-state index contributed by atoms with van der Waals surface area (Å²) in [4.78, 5) is 15.1. The highest BCUT2D eigenvalue weighted by Gasteiger charge is 2.11. The summed E-state index contributed by atoms with van der Waals surface area (Å²) >= 11 is 0. The highest BCUT2D eigenvalue weighted by atomic mass is 16.5. The lowest BCUT2D eigenvalue weighted by molar-refractivity contribution is 0.0690.